The molecule has 3 heterocycles. The molecule has 1 aliphatic carbocycles. The summed E-state index contributed by atoms with van der Waals surface area (Å²) in [5, 5.41) is 18.0. The van der Waals surface area contributed by atoms with Gasteiger partial charge in [-0.2, -0.15) is 5.10 Å². The van der Waals surface area contributed by atoms with Gasteiger partial charge in [0.1, 0.15) is 23.1 Å². The molecule has 1 fully saturated rings. The summed E-state index contributed by atoms with van der Waals surface area (Å²) in [5.74, 6) is -0.0138. The summed E-state index contributed by atoms with van der Waals surface area (Å²) in [5.41, 5.74) is 8.23. The number of hydrogen-bond donors (Lipinski definition) is 3. The normalized spacial score (nSPS) is 22.1. The minimum absolute atomic E-state index is 0.0371. The van der Waals surface area contributed by atoms with Gasteiger partial charge >= 0.3 is 5.97 Å². The minimum Gasteiger partial charge on any atom is -0.481 e. The van der Waals surface area contributed by atoms with Gasteiger partial charge in [-0.25, -0.2) is 14.4 Å². The standard InChI is InChI=1S/C30H30ClFN6O3/c1-30(18-8-5-16(6-9-18)7-12-23(39)40)24-26(33)34-28(35-27(24)36-29(30)41)25-21-11-10-19(31)14-22(21)38(37-25)15-17-3-2-4-20(32)13-17/h2-4,10-11,13-14,16,18H,5-9,12,15H2,1H3,(H,39,40)(H3,33,34,35,36,41). The SMILES string of the molecule is CC1(C2CCC(CCC(=O)O)CC2)C(=O)Nc2nc(-c3nn(Cc4cccc(F)c4)c4cc(Cl)ccc34)nc(N)c21. The Bertz CT molecular complexity index is 1680. The number of rotatable bonds is 7. The second-order valence-corrected chi connectivity index (χ2v) is 11.7. The van der Waals surface area contributed by atoms with Gasteiger partial charge in [-0.15, -0.1) is 0 Å². The van der Waals surface area contributed by atoms with Gasteiger partial charge in [-0.05, 0) is 73.9 Å². The number of anilines is 2. The molecule has 212 valence electrons. The highest BCUT2D eigenvalue weighted by molar-refractivity contribution is 6.31. The Morgan fingerprint density at radius 1 is 1.20 bits per heavy atom. The summed E-state index contributed by atoms with van der Waals surface area (Å²) in [6.45, 7) is 2.21. The van der Waals surface area contributed by atoms with Crippen LogP contribution in [0.1, 0.15) is 56.6 Å². The molecular formula is C30H30ClFN6O3. The van der Waals surface area contributed by atoms with Crippen molar-refractivity contribution in [2.45, 2.75) is 57.4 Å². The van der Waals surface area contributed by atoms with E-state index in [4.69, 9.17) is 32.5 Å². The molecule has 4 N–H and O–H groups in total. The third kappa shape index (κ3) is 4.90. The van der Waals surface area contributed by atoms with Crippen molar-refractivity contribution in [1.82, 2.24) is 19.7 Å². The van der Waals surface area contributed by atoms with Gasteiger partial charge in [0.2, 0.25) is 5.91 Å². The number of fused-ring (bicyclic) bond motifs is 2. The van der Waals surface area contributed by atoms with Crippen LogP contribution < -0.4 is 11.1 Å². The van der Waals surface area contributed by atoms with Crippen molar-refractivity contribution < 1.29 is 19.1 Å². The molecule has 4 aromatic rings. The fourth-order valence-electron chi connectivity index (χ4n) is 6.52. The Hall–Kier alpha value is -4.05. The number of nitrogens with two attached hydrogens (primary N) is 1. The summed E-state index contributed by atoms with van der Waals surface area (Å²) in [6.07, 6.45) is 4.15. The van der Waals surface area contributed by atoms with Crippen molar-refractivity contribution in [2.75, 3.05) is 11.1 Å². The highest BCUT2D eigenvalue weighted by Crippen LogP contribution is 2.50. The zero-order valence-electron chi connectivity index (χ0n) is 22.5. The number of amides is 1. The summed E-state index contributed by atoms with van der Waals surface area (Å²) < 4.78 is 15.6. The molecule has 1 amide bonds. The van der Waals surface area contributed by atoms with Crippen molar-refractivity contribution >= 4 is 46.0 Å². The predicted molar refractivity (Wildman–Crippen MR) is 154 cm³/mol. The van der Waals surface area contributed by atoms with E-state index in [0.717, 1.165) is 42.1 Å². The zero-order valence-corrected chi connectivity index (χ0v) is 23.3. The number of aliphatic carboxylic acids is 1. The van der Waals surface area contributed by atoms with Crippen LogP contribution in [0.2, 0.25) is 5.02 Å². The van der Waals surface area contributed by atoms with Gasteiger partial charge in [0.25, 0.3) is 0 Å². The molecule has 9 nitrogen and oxygen atoms in total. The second-order valence-electron chi connectivity index (χ2n) is 11.3. The van der Waals surface area contributed by atoms with E-state index in [1.807, 2.05) is 19.1 Å². The van der Waals surface area contributed by atoms with Crippen LogP contribution in [-0.4, -0.2) is 36.7 Å². The van der Waals surface area contributed by atoms with E-state index in [1.165, 1.54) is 12.1 Å². The van der Waals surface area contributed by atoms with E-state index >= 15 is 0 Å². The van der Waals surface area contributed by atoms with Gasteiger partial charge < -0.3 is 16.2 Å². The molecule has 1 unspecified atom stereocenters. The van der Waals surface area contributed by atoms with Crippen molar-refractivity contribution in [3.63, 3.8) is 0 Å². The maximum absolute atomic E-state index is 13.9. The van der Waals surface area contributed by atoms with Crippen molar-refractivity contribution in [3.8, 4) is 11.5 Å². The molecule has 1 atom stereocenters. The number of aromatic nitrogens is 4. The first-order valence-corrected chi connectivity index (χ1v) is 14.1. The summed E-state index contributed by atoms with van der Waals surface area (Å²) >= 11 is 6.31. The first-order chi connectivity index (χ1) is 19.6. The van der Waals surface area contributed by atoms with Crippen molar-refractivity contribution in [2.24, 2.45) is 11.8 Å². The number of carbonyl (C=O) groups is 2. The van der Waals surface area contributed by atoms with E-state index in [1.54, 1.807) is 22.9 Å². The molecule has 2 aromatic carbocycles. The Kier molecular flexibility index (Phi) is 6.89. The maximum Gasteiger partial charge on any atom is 0.303 e. The fraction of sp³-hybridized carbons (Fsp3) is 0.367. The van der Waals surface area contributed by atoms with Gasteiger partial charge in [0, 0.05) is 16.8 Å². The average Bonchev–Trinajstić information content (AvgIpc) is 3.42. The number of benzene rings is 2. The Morgan fingerprint density at radius 2 is 1.98 bits per heavy atom. The van der Waals surface area contributed by atoms with E-state index < -0.39 is 11.4 Å². The van der Waals surface area contributed by atoms with Crippen molar-refractivity contribution in [1.29, 1.82) is 0 Å². The smallest absolute Gasteiger partial charge is 0.303 e. The molecule has 11 heteroatoms. The quantitative estimate of drug-likeness (QED) is 0.253. The van der Waals surface area contributed by atoms with Crippen molar-refractivity contribution in [3.05, 3.63) is 64.4 Å². The number of nitrogens with zero attached hydrogens (tertiary/aromatic N) is 4. The van der Waals surface area contributed by atoms with Crippen LogP contribution >= 0.6 is 11.6 Å². The monoisotopic (exact) mass is 576 g/mol. The number of carbonyl (C=O) groups excluding carboxylic acids is 1. The van der Waals surface area contributed by atoms with Crippen LogP contribution in [0, 0.1) is 17.7 Å². The molecular weight excluding hydrogens is 547 g/mol. The van der Waals surface area contributed by atoms with Crippen LogP contribution in [0.5, 0.6) is 0 Å². The van der Waals surface area contributed by atoms with Crippen LogP contribution in [0.4, 0.5) is 16.0 Å². The van der Waals surface area contributed by atoms with E-state index in [2.05, 4.69) is 10.3 Å². The lowest BCUT2D eigenvalue weighted by Crippen LogP contribution is -2.41. The number of hydrogen-bond acceptors (Lipinski definition) is 6. The Balaban J connectivity index is 1.34. The molecule has 0 bridgehead atoms. The molecule has 1 aliphatic heterocycles. The second kappa shape index (κ2) is 10.4. The summed E-state index contributed by atoms with van der Waals surface area (Å²) in [7, 11) is 0. The minimum atomic E-state index is -0.887. The highest BCUT2D eigenvalue weighted by Gasteiger charge is 2.51. The predicted octanol–water partition coefficient (Wildman–Crippen LogP) is 5.80. The number of carboxylic acid groups (broad SMARTS) is 1. The number of nitrogens with one attached hydrogen (secondary N) is 1. The third-order valence-electron chi connectivity index (χ3n) is 8.74. The van der Waals surface area contributed by atoms with E-state index in [9.17, 15) is 14.0 Å². The van der Waals surface area contributed by atoms with Gasteiger partial charge in [0.15, 0.2) is 5.82 Å². The van der Waals surface area contributed by atoms with Gasteiger partial charge in [-0.3, -0.25) is 14.3 Å². The molecule has 41 heavy (non-hydrogen) atoms. The summed E-state index contributed by atoms with van der Waals surface area (Å²) in [4.78, 5) is 33.8. The zero-order chi connectivity index (χ0) is 28.9. The fourth-order valence-corrected chi connectivity index (χ4v) is 6.69. The summed E-state index contributed by atoms with van der Waals surface area (Å²) in [6, 6.07) is 11.7. The maximum atomic E-state index is 13.9. The van der Waals surface area contributed by atoms with Crippen LogP contribution in [0.3, 0.4) is 0 Å². The van der Waals surface area contributed by atoms with Gasteiger partial charge in [0.05, 0.1) is 23.0 Å². The lowest BCUT2D eigenvalue weighted by Gasteiger charge is -2.38. The third-order valence-corrected chi connectivity index (χ3v) is 8.97. The molecule has 0 saturated heterocycles. The molecule has 0 spiro atoms. The lowest BCUT2D eigenvalue weighted by molar-refractivity contribution is -0.137. The molecule has 6 rings (SSSR count). The van der Waals surface area contributed by atoms with Gasteiger partial charge in [-0.1, -0.05) is 36.6 Å². The number of carboxylic acids is 1. The molecule has 0 radical (unpaired) electrons. The first-order valence-electron chi connectivity index (χ1n) is 13.8. The Labute approximate surface area is 240 Å². The number of nitrogen functional groups attached to an aromatic ring is 1. The topological polar surface area (TPSA) is 136 Å². The highest BCUT2D eigenvalue weighted by atomic mass is 35.5. The Morgan fingerprint density at radius 3 is 2.71 bits per heavy atom. The van der Waals surface area contributed by atoms with E-state index in [0.29, 0.717) is 41.0 Å². The average molecular weight is 577 g/mol. The molecule has 2 aromatic heterocycles. The molecule has 2 aliphatic rings. The molecule has 1 saturated carbocycles. The first kappa shape index (κ1) is 27.1. The number of halogens is 2. The van der Waals surface area contributed by atoms with E-state index in [-0.39, 0.29) is 35.7 Å². The lowest BCUT2D eigenvalue weighted by atomic mass is 9.65. The van der Waals surface area contributed by atoms with Crippen LogP contribution in [-0.2, 0) is 21.5 Å². The van der Waals surface area contributed by atoms with Crippen LogP contribution in [0.25, 0.3) is 22.4 Å². The van der Waals surface area contributed by atoms with Crippen LogP contribution in [0.15, 0.2) is 42.5 Å². The largest absolute Gasteiger partial charge is 0.481 e.